The summed E-state index contributed by atoms with van der Waals surface area (Å²) in [5, 5.41) is 0.346. The van der Waals surface area contributed by atoms with Gasteiger partial charge in [-0.05, 0) is 0 Å². The molecule has 22 heavy (non-hydrogen) atoms. The summed E-state index contributed by atoms with van der Waals surface area (Å²) in [5.74, 6) is 0. The Kier molecular flexibility index (Phi) is 9.45. The summed E-state index contributed by atoms with van der Waals surface area (Å²) in [6.45, 7) is -0.185. The predicted molar refractivity (Wildman–Crippen MR) is 85.8 cm³/mol. The molecule has 0 N–H and O–H groups in total. The van der Waals surface area contributed by atoms with E-state index in [0.29, 0.717) is 29.0 Å². The number of halogens is 2. The fourth-order valence-corrected chi connectivity index (χ4v) is 2.60. The standard InChI is InChI=1S/C15H19ClFNO3Te/c16-14-4-3-12(9-13(14)11-19)10-18(6-5-17)15(20)21-7-1-2-8-22/h3-4,9,11,22H,1-2,5-8,10H2. The molecule has 0 spiro atoms. The van der Waals surface area contributed by atoms with E-state index in [2.05, 4.69) is 0 Å². The summed E-state index contributed by atoms with van der Waals surface area (Å²) >= 11 is 7.59. The zero-order valence-corrected chi connectivity index (χ0v) is 15.4. The van der Waals surface area contributed by atoms with Gasteiger partial charge in [-0.15, -0.1) is 0 Å². The van der Waals surface area contributed by atoms with Crippen molar-refractivity contribution < 1.29 is 18.7 Å². The summed E-state index contributed by atoms with van der Waals surface area (Å²) in [7, 11) is 0. The van der Waals surface area contributed by atoms with Crippen LogP contribution in [0, 0.1) is 0 Å². The summed E-state index contributed by atoms with van der Waals surface area (Å²) in [4.78, 5) is 24.1. The van der Waals surface area contributed by atoms with Gasteiger partial charge in [0.05, 0.1) is 0 Å². The Balaban J connectivity index is 2.66. The molecule has 0 aliphatic rings. The molecule has 0 unspecified atom stereocenters. The van der Waals surface area contributed by atoms with Gasteiger partial charge in [-0.25, -0.2) is 0 Å². The Hall–Kier alpha value is -0.830. The van der Waals surface area contributed by atoms with Crippen molar-refractivity contribution in [3.8, 4) is 0 Å². The van der Waals surface area contributed by atoms with E-state index in [9.17, 15) is 14.0 Å². The number of rotatable bonds is 9. The molecule has 1 amide bonds. The number of carbonyl (C=O) groups excluding carboxylic acids is 2. The molecular weight excluding hydrogens is 424 g/mol. The van der Waals surface area contributed by atoms with Crippen LogP contribution in [0.2, 0.25) is 9.49 Å². The summed E-state index contributed by atoms with van der Waals surface area (Å²) in [6, 6.07) is 4.88. The number of nitrogens with zero attached hydrogens (tertiary/aromatic N) is 1. The van der Waals surface area contributed by atoms with E-state index in [1.54, 1.807) is 40.5 Å². The Labute approximate surface area is 147 Å². The van der Waals surface area contributed by atoms with Crippen LogP contribution in [0.25, 0.3) is 0 Å². The maximum atomic E-state index is 12.6. The minimum Gasteiger partial charge on any atom is -0.0836 e. The van der Waals surface area contributed by atoms with E-state index in [4.69, 9.17) is 16.3 Å². The number of alkyl halides is 1. The van der Waals surface area contributed by atoms with Gasteiger partial charge in [-0.2, -0.15) is 0 Å². The van der Waals surface area contributed by atoms with Gasteiger partial charge in [0.1, 0.15) is 0 Å². The first-order valence-electron chi connectivity index (χ1n) is 6.94. The quantitative estimate of drug-likeness (QED) is 0.335. The van der Waals surface area contributed by atoms with Crippen LogP contribution in [0.4, 0.5) is 9.18 Å². The third kappa shape index (κ3) is 6.51. The molecular formula is C15H19ClFNO3Te. The minimum atomic E-state index is -0.653. The molecule has 0 radical (unpaired) electrons. The van der Waals surface area contributed by atoms with Gasteiger partial charge in [0, 0.05) is 0 Å². The number of hydrogen-bond acceptors (Lipinski definition) is 3. The van der Waals surface area contributed by atoms with Crippen molar-refractivity contribution in [1.82, 2.24) is 4.90 Å². The molecule has 0 aromatic heterocycles. The number of unbranched alkanes of at least 4 members (excludes halogenated alkanes) is 1. The van der Waals surface area contributed by atoms with Crippen molar-refractivity contribution in [3.05, 3.63) is 34.3 Å². The summed E-state index contributed by atoms with van der Waals surface area (Å²) in [5.41, 5.74) is 1.05. The fraction of sp³-hybridized carbons (Fsp3) is 0.467. The smallest absolute Gasteiger partial charge is 0.0836 e. The third-order valence-corrected chi connectivity index (χ3v) is 4.20. The fourth-order valence-electron chi connectivity index (χ4n) is 1.80. The van der Waals surface area contributed by atoms with Crippen LogP contribution in [0.1, 0.15) is 28.8 Å². The number of amides is 1. The van der Waals surface area contributed by atoms with Crippen LogP contribution in [0.5, 0.6) is 0 Å². The van der Waals surface area contributed by atoms with Crippen molar-refractivity contribution in [2.24, 2.45) is 0 Å². The van der Waals surface area contributed by atoms with E-state index in [-0.39, 0.29) is 13.1 Å². The molecule has 1 aromatic carbocycles. The molecule has 1 aromatic rings. The van der Waals surface area contributed by atoms with Gasteiger partial charge < -0.3 is 0 Å². The number of carbonyl (C=O) groups is 2. The van der Waals surface area contributed by atoms with Crippen molar-refractivity contribution in [2.75, 3.05) is 19.8 Å². The Morgan fingerprint density at radius 2 is 2.18 bits per heavy atom. The van der Waals surface area contributed by atoms with Crippen LogP contribution in [-0.4, -0.2) is 59.4 Å². The zero-order chi connectivity index (χ0) is 16.4. The molecule has 0 saturated heterocycles. The van der Waals surface area contributed by atoms with Crippen molar-refractivity contribution in [2.45, 2.75) is 23.9 Å². The van der Waals surface area contributed by atoms with Crippen molar-refractivity contribution in [1.29, 1.82) is 0 Å². The van der Waals surface area contributed by atoms with E-state index < -0.39 is 12.8 Å². The summed E-state index contributed by atoms with van der Waals surface area (Å²) in [6.07, 6.45) is 1.92. The number of ether oxygens (including phenoxy) is 1. The first-order valence-corrected chi connectivity index (χ1v) is 9.12. The Morgan fingerprint density at radius 3 is 2.82 bits per heavy atom. The maximum absolute atomic E-state index is 12.6. The molecule has 122 valence electrons. The Morgan fingerprint density at radius 1 is 1.41 bits per heavy atom. The molecule has 0 fully saturated rings. The van der Waals surface area contributed by atoms with Gasteiger partial charge in [-0.1, -0.05) is 11.6 Å². The second kappa shape index (κ2) is 10.8. The van der Waals surface area contributed by atoms with E-state index in [1.807, 2.05) is 0 Å². The molecule has 4 nitrogen and oxygen atoms in total. The molecule has 0 bridgehead atoms. The van der Waals surface area contributed by atoms with Gasteiger partial charge in [0.15, 0.2) is 0 Å². The molecule has 1 rings (SSSR count). The third-order valence-electron chi connectivity index (χ3n) is 2.95. The van der Waals surface area contributed by atoms with E-state index >= 15 is 0 Å². The van der Waals surface area contributed by atoms with E-state index in [0.717, 1.165) is 17.3 Å². The van der Waals surface area contributed by atoms with Gasteiger partial charge in [0.25, 0.3) is 0 Å². The van der Waals surface area contributed by atoms with Crippen LogP contribution in [-0.2, 0) is 11.3 Å². The molecule has 0 aliphatic heterocycles. The van der Waals surface area contributed by atoms with Crippen LogP contribution in [0.3, 0.4) is 0 Å². The SMILES string of the molecule is O=Cc1cc(CN(CCF)C(=O)OCCCC[TeH])ccc1Cl. The normalized spacial score (nSPS) is 10.3. The van der Waals surface area contributed by atoms with Crippen LogP contribution in [0.15, 0.2) is 18.2 Å². The first-order chi connectivity index (χ1) is 10.6. The van der Waals surface area contributed by atoms with Crippen LogP contribution < -0.4 is 0 Å². The van der Waals surface area contributed by atoms with E-state index in [1.165, 1.54) is 4.90 Å². The molecule has 0 atom stereocenters. The number of aldehydes is 1. The number of benzene rings is 1. The average Bonchev–Trinajstić information content (AvgIpc) is 2.52. The molecule has 0 heterocycles. The molecule has 0 aliphatic carbocycles. The van der Waals surface area contributed by atoms with Crippen LogP contribution >= 0.6 is 11.6 Å². The van der Waals surface area contributed by atoms with Gasteiger partial charge in [0.2, 0.25) is 0 Å². The Bertz CT molecular complexity index is 502. The molecule has 0 saturated carbocycles. The average molecular weight is 443 g/mol. The van der Waals surface area contributed by atoms with Gasteiger partial charge in [-0.3, -0.25) is 4.79 Å². The van der Waals surface area contributed by atoms with Crippen molar-refractivity contribution in [3.63, 3.8) is 0 Å². The van der Waals surface area contributed by atoms with Crippen molar-refractivity contribution >= 4 is 46.3 Å². The number of hydrogen-bond donors (Lipinski definition) is 0. The zero-order valence-electron chi connectivity index (χ0n) is 12.1. The van der Waals surface area contributed by atoms with Gasteiger partial charge >= 0.3 is 132 Å². The minimum absolute atomic E-state index is 0.0475. The predicted octanol–water partition coefficient (Wildman–Crippen LogP) is 3.16. The first kappa shape index (κ1) is 19.2. The monoisotopic (exact) mass is 445 g/mol. The summed E-state index contributed by atoms with van der Waals surface area (Å²) < 4.78 is 18.9. The topological polar surface area (TPSA) is 46.6 Å². The second-order valence-electron chi connectivity index (χ2n) is 4.63. The second-order valence-corrected chi connectivity index (χ2v) is 6.31. The molecule has 7 heteroatoms.